The van der Waals surface area contributed by atoms with Gasteiger partial charge in [-0.2, -0.15) is 0 Å². The molecule has 0 saturated carbocycles. The maximum atomic E-state index is 11.4. The molecular weight excluding hydrogens is 324 g/mol. The van der Waals surface area contributed by atoms with E-state index in [2.05, 4.69) is 37.0 Å². The van der Waals surface area contributed by atoms with Crippen LogP contribution in [0.25, 0.3) is 0 Å². The molecule has 1 aliphatic heterocycles. The first kappa shape index (κ1) is 16.8. The molecule has 0 atom stereocenters. The lowest BCUT2D eigenvalue weighted by Gasteiger charge is -2.34. The quantitative estimate of drug-likeness (QED) is 0.833. The maximum Gasteiger partial charge on any atom is 0.188 e. The van der Waals surface area contributed by atoms with Gasteiger partial charge < -0.3 is 15.1 Å². The van der Waals surface area contributed by atoms with Gasteiger partial charge in [-0.05, 0) is 13.5 Å². The summed E-state index contributed by atoms with van der Waals surface area (Å²) < 4.78 is 0. The first-order valence-corrected chi connectivity index (χ1v) is 8.93. The van der Waals surface area contributed by atoms with Crippen molar-refractivity contribution in [3.05, 3.63) is 23.0 Å². The fourth-order valence-corrected chi connectivity index (χ4v) is 3.39. The third-order valence-corrected chi connectivity index (χ3v) is 5.07. The molecule has 3 heterocycles. The van der Waals surface area contributed by atoms with Crippen LogP contribution in [0.15, 0.2) is 12.3 Å². The number of hydrogen-bond acceptors (Lipinski definition) is 8. The van der Waals surface area contributed by atoms with E-state index in [-0.39, 0.29) is 5.78 Å². The third-order valence-electron chi connectivity index (χ3n) is 4.06. The van der Waals surface area contributed by atoms with Gasteiger partial charge in [0.15, 0.2) is 10.9 Å². The second kappa shape index (κ2) is 7.23. The number of anilines is 3. The molecule has 24 heavy (non-hydrogen) atoms. The summed E-state index contributed by atoms with van der Waals surface area (Å²) in [5, 5.41) is 3.85. The van der Waals surface area contributed by atoms with Crippen molar-refractivity contribution in [1.82, 2.24) is 19.9 Å². The Labute approximate surface area is 145 Å². The van der Waals surface area contributed by atoms with E-state index in [4.69, 9.17) is 0 Å². The van der Waals surface area contributed by atoms with Gasteiger partial charge in [0, 0.05) is 39.2 Å². The average molecular weight is 346 g/mol. The molecule has 0 bridgehead atoms. The number of ketones is 1. The van der Waals surface area contributed by atoms with Crippen LogP contribution in [0.1, 0.15) is 29.3 Å². The van der Waals surface area contributed by atoms with Crippen LogP contribution in [0, 0.1) is 6.92 Å². The van der Waals surface area contributed by atoms with Crippen LogP contribution in [-0.4, -0.2) is 58.4 Å². The summed E-state index contributed by atoms with van der Waals surface area (Å²) in [4.78, 5) is 30.0. The number of rotatable bonds is 5. The lowest BCUT2D eigenvalue weighted by molar-refractivity contribution is 0.102. The van der Waals surface area contributed by atoms with Gasteiger partial charge in [0.05, 0.1) is 11.1 Å². The first-order valence-electron chi connectivity index (χ1n) is 8.12. The zero-order valence-corrected chi connectivity index (χ0v) is 15.1. The number of nitrogens with one attached hydrogen (secondary N) is 1. The summed E-state index contributed by atoms with van der Waals surface area (Å²) in [5.41, 5.74) is 0. The number of thiazole rings is 1. The highest BCUT2D eigenvalue weighted by atomic mass is 32.1. The second-order valence-electron chi connectivity index (χ2n) is 5.79. The number of Topliss-reactive ketones (excluding diaryl/α,β-unsaturated/α-hetero) is 1. The van der Waals surface area contributed by atoms with E-state index in [9.17, 15) is 4.79 Å². The predicted octanol–water partition coefficient (Wildman–Crippen LogP) is 2.33. The van der Waals surface area contributed by atoms with Crippen LogP contribution in [0.4, 0.5) is 16.8 Å². The van der Waals surface area contributed by atoms with Crippen LogP contribution in [0.5, 0.6) is 0 Å². The second-order valence-corrected chi connectivity index (χ2v) is 6.82. The van der Waals surface area contributed by atoms with Crippen LogP contribution in [0.3, 0.4) is 0 Å². The molecule has 0 spiro atoms. The molecule has 0 radical (unpaired) electrons. The smallest absolute Gasteiger partial charge is 0.188 e. The average Bonchev–Trinajstić information content (AvgIpc) is 3.03. The summed E-state index contributed by atoms with van der Waals surface area (Å²) in [6.45, 7) is 10.8. The van der Waals surface area contributed by atoms with Gasteiger partial charge in [-0.25, -0.2) is 15.0 Å². The van der Waals surface area contributed by atoms with E-state index >= 15 is 0 Å². The molecule has 1 N–H and O–H groups in total. The standard InChI is InChI=1S/C16H22N6OS/c1-4-21-5-7-22(8-6-21)15-9-14(18-12(3)19-15)20-16-17-10-13(24-16)11(2)23/h9-10H,4-8H2,1-3H3,(H,17,18,19,20). The summed E-state index contributed by atoms with van der Waals surface area (Å²) in [6.07, 6.45) is 1.59. The zero-order chi connectivity index (χ0) is 17.1. The minimum Gasteiger partial charge on any atom is -0.354 e. The van der Waals surface area contributed by atoms with Crippen LogP contribution < -0.4 is 10.2 Å². The van der Waals surface area contributed by atoms with Gasteiger partial charge in [0.25, 0.3) is 0 Å². The van der Waals surface area contributed by atoms with Gasteiger partial charge in [-0.15, -0.1) is 0 Å². The number of likely N-dealkylation sites (N-methyl/N-ethyl adjacent to an activating group) is 1. The van der Waals surface area contributed by atoms with Crippen molar-refractivity contribution in [3.8, 4) is 0 Å². The van der Waals surface area contributed by atoms with Crippen molar-refractivity contribution in [2.45, 2.75) is 20.8 Å². The first-order chi connectivity index (χ1) is 11.5. The maximum absolute atomic E-state index is 11.4. The molecule has 2 aromatic rings. The summed E-state index contributed by atoms with van der Waals surface area (Å²) in [6, 6.07) is 1.95. The molecule has 1 saturated heterocycles. The lowest BCUT2D eigenvalue weighted by Crippen LogP contribution is -2.46. The summed E-state index contributed by atoms with van der Waals surface area (Å²) in [5.74, 6) is 2.38. The summed E-state index contributed by atoms with van der Waals surface area (Å²) in [7, 11) is 0. The van der Waals surface area contributed by atoms with Gasteiger partial charge in [0.2, 0.25) is 0 Å². The van der Waals surface area contributed by atoms with Gasteiger partial charge in [-0.1, -0.05) is 18.3 Å². The Morgan fingerprint density at radius 3 is 2.67 bits per heavy atom. The number of carbonyl (C=O) groups is 1. The molecule has 8 heteroatoms. The van der Waals surface area contributed by atoms with Gasteiger partial charge in [-0.3, -0.25) is 4.79 Å². The number of aryl methyl sites for hydroxylation is 1. The van der Waals surface area contributed by atoms with Crippen molar-refractivity contribution < 1.29 is 4.79 Å². The SMILES string of the molecule is CCN1CCN(c2cc(Nc3ncc(C(C)=O)s3)nc(C)n2)CC1. The Hall–Kier alpha value is -2.06. The molecule has 1 aliphatic rings. The predicted molar refractivity (Wildman–Crippen MR) is 96.5 cm³/mol. The molecule has 7 nitrogen and oxygen atoms in total. The van der Waals surface area contributed by atoms with Gasteiger partial charge >= 0.3 is 0 Å². The third kappa shape index (κ3) is 3.88. The normalized spacial score (nSPS) is 15.5. The number of aromatic nitrogens is 3. The lowest BCUT2D eigenvalue weighted by atomic mass is 10.3. The molecule has 0 aliphatic carbocycles. The fourth-order valence-electron chi connectivity index (χ4n) is 2.68. The van der Waals surface area contributed by atoms with E-state index in [0.717, 1.165) is 44.4 Å². The van der Waals surface area contributed by atoms with Crippen molar-refractivity contribution >= 4 is 33.9 Å². The number of carbonyl (C=O) groups excluding carboxylic acids is 1. The van der Waals surface area contributed by atoms with Crippen LogP contribution >= 0.6 is 11.3 Å². The Morgan fingerprint density at radius 2 is 2.04 bits per heavy atom. The van der Waals surface area contributed by atoms with E-state index in [0.29, 0.717) is 15.8 Å². The highest BCUT2D eigenvalue weighted by molar-refractivity contribution is 7.17. The minimum absolute atomic E-state index is 0.0221. The van der Waals surface area contributed by atoms with Crippen molar-refractivity contribution in [2.75, 3.05) is 42.9 Å². The molecule has 0 aromatic carbocycles. The summed E-state index contributed by atoms with van der Waals surface area (Å²) >= 11 is 1.33. The Morgan fingerprint density at radius 1 is 1.29 bits per heavy atom. The molecule has 128 valence electrons. The monoisotopic (exact) mass is 346 g/mol. The largest absolute Gasteiger partial charge is 0.354 e. The Kier molecular flexibility index (Phi) is 5.06. The van der Waals surface area contributed by atoms with Crippen LogP contribution in [0.2, 0.25) is 0 Å². The van der Waals surface area contributed by atoms with E-state index in [1.807, 2.05) is 13.0 Å². The van der Waals surface area contributed by atoms with E-state index in [1.165, 1.54) is 11.3 Å². The van der Waals surface area contributed by atoms with Crippen molar-refractivity contribution in [2.24, 2.45) is 0 Å². The number of nitrogens with zero attached hydrogens (tertiary/aromatic N) is 5. The minimum atomic E-state index is 0.0221. The van der Waals surface area contributed by atoms with E-state index in [1.54, 1.807) is 13.1 Å². The van der Waals surface area contributed by atoms with Crippen molar-refractivity contribution in [1.29, 1.82) is 0 Å². The Balaban J connectivity index is 1.75. The molecular formula is C16H22N6OS. The molecule has 2 aromatic heterocycles. The number of hydrogen-bond donors (Lipinski definition) is 1. The Bertz CT molecular complexity index is 723. The fraction of sp³-hybridized carbons (Fsp3) is 0.500. The zero-order valence-electron chi connectivity index (χ0n) is 14.2. The molecule has 3 rings (SSSR count). The van der Waals surface area contributed by atoms with Crippen molar-refractivity contribution in [3.63, 3.8) is 0 Å². The van der Waals surface area contributed by atoms with E-state index < -0.39 is 0 Å². The molecule has 0 amide bonds. The van der Waals surface area contributed by atoms with Gasteiger partial charge in [0.1, 0.15) is 17.5 Å². The highest BCUT2D eigenvalue weighted by Crippen LogP contribution is 2.24. The number of piperazine rings is 1. The molecule has 1 fully saturated rings. The molecule has 0 unspecified atom stereocenters. The van der Waals surface area contributed by atoms with Crippen LogP contribution in [-0.2, 0) is 0 Å². The topological polar surface area (TPSA) is 74.2 Å². The highest BCUT2D eigenvalue weighted by Gasteiger charge is 2.18.